The van der Waals surface area contributed by atoms with Gasteiger partial charge in [-0.3, -0.25) is 9.59 Å². The van der Waals surface area contributed by atoms with Gasteiger partial charge in [0.15, 0.2) is 0 Å². The molecule has 3 aromatic rings. The second-order valence-corrected chi connectivity index (χ2v) is 9.60. The fraction of sp³-hybridized carbons (Fsp3) is 0.233. The third-order valence-corrected chi connectivity index (χ3v) is 6.54. The number of ether oxygens (including phenoxy) is 1. The second-order valence-electron chi connectivity index (χ2n) is 9.22. The van der Waals surface area contributed by atoms with Gasteiger partial charge in [-0.15, -0.1) is 0 Å². The zero-order valence-electron chi connectivity index (χ0n) is 21.1. The van der Waals surface area contributed by atoms with Gasteiger partial charge in [-0.25, -0.2) is 9.69 Å². The van der Waals surface area contributed by atoms with Crippen molar-refractivity contribution >= 4 is 40.8 Å². The monoisotopic (exact) mass is 516 g/mol. The van der Waals surface area contributed by atoms with E-state index in [0.29, 0.717) is 28.6 Å². The van der Waals surface area contributed by atoms with Crippen LogP contribution in [0.3, 0.4) is 0 Å². The molecule has 4 rings (SSSR count). The van der Waals surface area contributed by atoms with Gasteiger partial charge in [-0.2, -0.15) is 0 Å². The molecular formula is C30H29ClN2O4. The minimum atomic E-state index is -0.584. The van der Waals surface area contributed by atoms with Gasteiger partial charge in [-0.05, 0) is 78.4 Å². The van der Waals surface area contributed by atoms with Crippen molar-refractivity contribution in [1.82, 2.24) is 0 Å². The molecule has 3 aromatic carbocycles. The summed E-state index contributed by atoms with van der Waals surface area (Å²) in [7, 11) is 0. The van der Waals surface area contributed by atoms with Crippen molar-refractivity contribution in [2.24, 2.45) is 0 Å². The molecule has 37 heavy (non-hydrogen) atoms. The molecule has 2 amide bonds. The summed E-state index contributed by atoms with van der Waals surface area (Å²) in [6, 6.07) is 21.2. The molecule has 1 aliphatic rings. The molecule has 0 radical (unpaired) electrons. The molecule has 1 heterocycles. The summed E-state index contributed by atoms with van der Waals surface area (Å²) in [5, 5.41) is 2.74. The van der Waals surface area contributed by atoms with Gasteiger partial charge in [0, 0.05) is 5.69 Å². The zero-order valence-corrected chi connectivity index (χ0v) is 21.8. The number of nitrogens with one attached hydrogen (secondary N) is 1. The summed E-state index contributed by atoms with van der Waals surface area (Å²) in [4.78, 5) is 39.4. The molecule has 7 heteroatoms. The number of amides is 2. The average molecular weight is 517 g/mol. The summed E-state index contributed by atoms with van der Waals surface area (Å²) in [5.74, 6) is -0.772. The molecule has 0 atom stereocenters. The van der Waals surface area contributed by atoms with Crippen molar-refractivity contribution in [2.45, 2.75) is 46.0 Å². The number of carbonyl (C=O) groups excluding carboxylic acids is 3. The lowest BCUT2D eigenvalue weighted by atomic mass is 10.0. The van der Waals surface area contributed by atoms with Crippen LogP contribution in [0.1, 0.15) is 61.0 Å². The van der Waals surface area contributed by atoms with Crippen LogP contribution in [-0.4, -0.2) is 17.8 Å². The maximum atomic E-state index is 13.1. The number of rotatable bonds is 9. The Morgan fingerprint density at radius 1 is 0.919 bits per heavy atom. The molecule has 1 N–H and O–H groups in total. The summed E-state index contributed by atoms with van der Waals surface area (Å²) in [6.07, 6.45) is 3.11. The van der Waals surface area contributed by atoms with Crippen LogP contribution in [0.25, 0.3) is 0 Å². The summed E-state index contributed by atoms with van der Waals surface area (Å²) in [5.41, 5.74) is 3.60. The average Bonchev–Trinajstić information content (AvgIpc) is 3.11. The Bertz CT molecular complexity index is 1330. The fourth-order valence-electron chi connectivity index (χ4n) is 3.96. The van der Waals surface area contributed by atoms with Crippen LogP contribution in [0, 0.1) is 0 Å². The first kappa shape index (κ1) is 26.2. The first-order valence-corrected chi connectivity index (χ1v) is 12.7. The van der Waals surface area contributed by atoms with Crippen LogP contribution >= 0.6 is 11.6 Å². The van der Waals surface area contributed by atoms with Gasteiger partial charge in [0.2, 0.25) is 0 Å². The zero-order chi connectivity index (χ0) is 26.5. The lowest BCUT2D eigenvalue weighted by Gasteiger charge is -2.15. The highest BCUT2D eigenvalue weighted by Gasteiger charge is 2.38. The predicted molar refractivity (Wildman–Crippen MR) is 146 cm³/mol. The number of carbonyl (C=O) groups is 3. The van der Waals surface area contributed by atoms with Crippen molar-refractivity contribution in [2.75, 3.05) is 10.2 Å². The fourth-order valence-corrected chi connectivity index (χ4v) is 4.17. The van der Waals surface area contributed by atoms with Crippen molar-refractivity contribution in [3.05, 3.63) is 100 Å². The molecule has 1 aliphatic heterocycles. The van der Waals surface area contributed by atoms with E-state index in [2.05, 4.69) is 26.1 Å². The number of anilines is 2. The third kappa shape index (κ3) is 5.92. The number of imide groups is 1. The Morgan fingerprint density at radius 2 is 1.57 bits per heavy atom. The normalized spacial score (nSPS) is 13.5. The molecule has 0 saturated carbocycles. The Hall–Kier alpha value is -3.90. The summed E-state index contributed by atoms with van der Waals surface area (Å²) >= 11 is 6.25. The Labute approximate surface area is 221 Å². The van der Waals surface area contributed by atoms with Gasteiger partial charge in [0.1, 0.15) is 16.5 Å². The van der Waals surface area contributed by atoms with Gasteiger partial charge < -0.3 is 10.1 Å². The Kier molecular flexibility index (Phi) is 8.09. The number of hydrogen-bond donors (Lipinski definition) is 1. The topological polar surface area (TPSA) is 75.7 Å². The van der Waals surface area contributed by atoms with E-state index in [1.807, 2.05) is 24.3 Å². The summed E-state index contributed by atoms with van der Waals surface area (Å²) < 4.78 is 5.45. The van der Waals surface area contributed by atoms with Crippen LogP contribution < -0.4 is 15.0 Å². The van der Waals surface area contributed by atoms with E-state index >= 15 is 0 Å². The van der Waals surface area contributed by atoms with Crippen molar-refractivity contribution in [3.8, 4) is 5.75 Å². The highest BCUT2D eigenvalue weighted by atomic mass is 35.5. The Morgan fingerprint density at radius 3 is 2.16 bits per heavy atom. The molecule has 0 aromatic heterocycles. The van der Waals surface area contributed by atoms with E-state index in [-0.39, 0.29) is 10.7 Å². The molecular weight excluding hydrogens is 488 g/mol. The summed E-state index contributed by atoms with van der Waals surface area (Å²) in [6.45, 7) is 6.32. The van der Waals surface area contributed by atoms with Crippen molar-refractivity contribution in [3.63, 3.8) is 0 Å². The minimum Gasteiger partial charge on any atom is -0.423 e. The molecule has 0 bridgehead atoms. The minimum absolute atomic E-state index is 0.0118. The van der Waals surface area contributed by atoms with Crippen molar-refractivity contribution < 1.29 is 19.1 Å². The number of aryl methyl sites for hydroxylation is 1. The molecule has 190 valence electrons. The van der Waals surface area contributed by atoms with Crippen LogP contribution in [0.2, 0.25) is 0 Å². The van der Waals surface area contributed by atoms with Crippen LogP contribution in [0.15, 0.2) is 83.5 Å². The third-order valence-electron chi connectivity index (χ3n) is 6.19. The number of unbranched alkanes of at least 4 members (excludes halogenated alkanes) is 1. The lowest BCUT2D eigenvalue weighted by molar-refractivity contribution is -0.120. The van der Waals surface area contributed by atoms with Gasteiger partial charge in [-0.1, -0.05) is 63.1 Å². The molecule has 0 aliphatic carbocycles. The number of benzene rings is 3. The van der Waals surface area contributed by atoms with E-state index in [1.54, 1.807) is 48.5 Å². The Balaban J connectivity index is 1.42. The van der Waals surface area contributed by atoms with Crippen LogP contribution in [0.5, 0.6) is 5.75 Å². The van der Waals surface area contributed by atoms with Crippen LogP contribution in [-0.2, 0) is 16.0 Å². The number of halogens is 1. The standard InChI is InChI=1S/C30H29ClN2O4/c1-4-5-6-20-7-15-24(16-8-20)33-28(34)26(31)27(29(33)35)32-23-13-9-22(10-14-23)30(36)37-25-17-11-21(12-18-25)19(2)3/h7-19,32H,4-6H2,1-3H3. The molecule has 6 nitrogen and oxygen atoms in total. The quantitative estimate of drug-likeness (QED) is 0.192. The van der Waals surface area contributed by atoms with Crippen molar-refractivity contribution in [1.29, 1.82) is 0 Å². The van der Waals surface area contributed by atoms with Gasteiger partial charge in [0.25, 0.3) is 11.8 Å². The van der Waals surface area contributed by atoms with E-state index in [0.717, 1.165) is 35.3 Å². The maximum Gasteiger partial charge on any atom is 0.343 e. The first-order chi connectivity index (χ1) is 17.8. The van der Waals surface area contributed by atoms with Gasteiger partial charge in [0.05, 0.1) is 11.3 Å². The number of esters is 1. The lowest BCUT2D eigenvalue weighted by Crippen LogP contribution is -2.32. The number of nitrogens with zero attached hydrogens (tertiary/aromatic N) is 1. The largest absolute Gasteiger partial charge is 0.423 e. The molecule has 0 fully saturated rings. The maximum absolute atomic E-state index is 13.1. The SMILES string of the molecule is CCCCc1ccc(N2C(=O)C(Cl)=C(Nc3ccc(C(=O)Oc4ccc(C(C)C)cc4)cc3)C2=O)cc1. The van der Waals surface area contributed by atoms with E-state index in [4.69, 9.17) is 16.3 Å². The highest BCUT2D eigenvalue weighted by molar-refractivity contribution is 6.53. The molecule has 0 saturated heterocycles. The first-order valence-electron chi connectivity index (χ1n) is 12.3. The van der Waals surface area contributed by atoms with E-state index < -0.39 is 17.8 Å². The van der Waals surface area contributed by atoms with Crippen LogP contribution in [0.4, 0.5) is 11.4 Å². The molecule has 0 spiro atoms. The second kappa shape index (κ2) is 11.4. The van der Waals surface area contributed by atoms with E-state index in [1.165, 1.54) is 0 Å². The van der Waals surface area contributed by atoms with E-state index in [9.17, 15) is 14.4 Å². The van der Waals surface area contributed by atoms with Gasteiger partial charge >= 0.3 is 5.97 Å². The number of hydrogen-bond acceptors (Lipinski definition) is 5. The smallest absolute Gasteiger partial charge is 0.343 e. The highest BCUT2D eigenvalue weighted by Crippen LogP contribution is 2.30. The predicted octanol–water partition coefficient (Wildman–Crippen LogP) is 6.81. The molecule has 0 unspecified atom stereocenters.